The fraction of sp³-hybridized carbons (Fsp3) is 0.714. The van der Waals surface area contributed by atoms with Gasteiger partial charge in [-0.05, 0) is 6.42 Å². The average molecular weight is 173 g/mol. The van der Waals surface area contributed by atoms with Crippen LogP contribution >= 0.6 is 0 Å². The van der Waals surface area contributed by atoms with Crippen molar-refractivity contribution in [3.63, 3.8) is 0 Å². The Balaban J connectivity index is 2.74. The van der Waals surface area contributed by atoms with E-state index in [0.717, 1.165) is 0 Å². The van der Waals surface area contributed by atoms with E-state index in [1.54, 1.807) is 0 Å². The molecule has 12 heavy (non-hydrogen) atoms. The van der Waals surface area contributed by atoms with E-state index < -0.39 is 11.5 Å². The summed E-state index contributed by atoms with van der Waals surface area (Å²) >= 11 is 0. The van der Waals surface area contributed by atoms with E-state index >= 15 is 0 Å². The van der Waals surface area contributed by atoms with E-state index in [4.69, 9.17) is 9.84 Å². The van der Waals surface area contributed by atoms with Crippen molar-refractivity contribution in [2.45, 2.75) is 18.4 Å². The number of carboxylic acids is 1. The molecule has 1 unspecified atom stereocenters. The van der Waals surface area contributed by atoms with Crippen molar-refractivity contribution >= 4 is 11.9 Å². The highest BCUT2D eigenvalue weighted by Crippen LogP contribution is 2.20. The summed E-state index contributed by atoms with van der Waals surface area (Å²) in [7, 11) is 1.41. The molecule has 1 amide bonds. The van der Waals surface area contributed by atoms with Gasteiger partial charge in [0.05, 0.1) is 6.61 Å². The highest BCUT2D eigenvalue weighted by Gasteiger charge is 2.44. The summed E-state index contributed by atoms with van der Waals surface area (Å²) in [6.45, 7) is 0.0219. The van der Waals surface area contributed by atoms with Gasteiger partial charge in [0.1, 0.15) is 0 Å². The topological polar surface area (TPSA) is 75.6 Å². The molecule has 1 rings (SSSR count). The van der Waals surface area contributed by atoms with Gasteiger partial charge in [-0.15, -0.1) is 0 Å². The standard InChI is InChI=1S/C7H11NO4/c1-12-4-7(6(10)11)3-2-5(9)8-7/h2-4H2,1H3,(H,8,9)(H,10,11). The molecule has 0 aromatic rings. The molecule has 5 heteroatoms. The zero-order chi connectivity index (χ0) is 9.19. The van der Waals surface area contributed by atoms with Gasteiger partial charge in [0.15, 0.2) is 5.54 Å². The van der Waals surface area contributed by atoms with Crippen LogP contribution in [-0.2, 0) is 14.3 Å². The number of carbonyl (C=O) groups is 2. The number of nitrogens with one attached hydrogen (secondary N) is 1. The number of amides is 1. The zero-order valence-corrected chi connectivity index (χ0v) is 6.79. The molecular formula is C7H11NO4. The van der Waals surface area contributed by atoms with E-state index in [2.05, 4.69) is 5.32 Å². The van der Waals surface area contributed by atoms with Crippen LogP contribution in [0, 0.1) is 0 Å². The Morgan fingerprint density at radius 3 is 2.83 bits per heavy atom. The van der Waals surface area contributed by atoms with Crippen molar-refractivity contribution in [1.29, 1.82) is 0 Å². The summed E-state index contributed by atoms with van der Waals surface area (Å²) in [6, 6.07) is 0. The van der Waals surface area contributed by atoms with E-state index in [9.17, 15) is 9.59 Å². The van der Waals surface area contributed by atoms with Gasteiger partial charge in [0.25, 0.3) is 0 Å². The van der Waals surface area contributed by atoms with Crippen LogP contribution in [0.3, 0.4) is 0 Å². The van der Waals surface area contributed by atoms with Gasteiger partial charge in [-0.3, -0.25) is 4.79 Å². The fourth-order valence-corrected chi connectivity index (χ4v) is 1.30. The molecule has 0 aliphatic carbocycles. The van der Waals surface area contributed by atoms with E-state index in [1.165, 1.54) is 7.11 Å². The van der Waals surface area contributed by atoms with Crippen LogP contribution in [0.1, 0.15) is 12.8 Å². The van der Waals surface area contributed by atoms with Crippen molar-refractivity contribution in [1.82, 2.24) is 5.32 Å². The predicted molar refractivity (Wildman–Crippen MR) is 39.6 cm³/mol. The van der Waals surface area contributed by atoms with Gasteiger partial charge in [0, 0.05) is 13.5 Å². The maximum atomic E-state index is 10.8. The minimum atomic E-state index is -1.19. The molecule has 1 aliphatic heterocycles. The van der Waals surface area contributed by atoms with Crippen LogP contribution in [0.5, 0.6) is 0 Å². The second kappa shape index (κ2) is 3.10. The minimum Gasteiger partial charge on any atom is -0.479 e. The summed E-state index contributed by atoms with van der Waals surface area (Å²) in [6.07, 6.45) is 0.560. The van der Waals surface area contributed by atoms with Crippen molar-refractivity contribution in [3.05, 3.63) is 0 Å². The van der Waals surface area contributed by atoms with Crippen LogP contribution in [0.4, 0.5) is 0 Å². The Morgan fingerprint density at radius 1 is 1.83 bits per heavy atom. The molecule has 0 radical (unpaired) electrons. The van der Waals surface area contributed by atoms with Gasteiger partial charge in [-0.2, -0.15) is 0 Å². The number of rotatable bonds is 3. The van der Waals surface area contributed by atoms with Gasteiger partial charge in [0.2, 0.25) is 5.91 Å². The van der Waals surface area contributed by atoms with Crippen LogP contribution in [0.25, 0.3) is 0 Å². The number of carbonyl (C=O) groups excluding carboxylic acids is 1. The van der Waals surface area contributed by atoms with Crippen LogP contribution in [-0.4, -0.2) is 36.2 Å². The first kappa shape index (κ1) is 8.99. The van der Waals surface area contributed by atoms with E-state index in [-0.39, 0.29) is 18.9 Å². The molecule has 2 N–H and O–H groups in total. The largest absolute Gasteiger partial charge is 0.479 e. The van der Waals surface area contributed by atoms with Crippen LogP contribution in [0.15, 0.2) is 0 Å². The Kier molecular flexibility index (Phi) is 2.32. The molecule has 1 heterocycles. The quantitative estimate of drug-likeness (QED) is 0.595. The summed E-state index contributed by atoms with van der Waals surface area (Å²) in [5.41, 5.74) is -1.19. The first-order chi connectivity index (χ1) is 5.60. The monoisotopic (exact) mass is 173 g/mol. The summed E-state index contributed by atoms with van der Waals surface area (Å²) in [5.74, 6) is -1.26. The highest BCUT2D eigenvalue weighted by atomic mass is 16.5. The SMILES string of the molecule is COCC1(C(=O)O)CCC(=O)N1. The third kappa shape index (κ3) is 1.40. The number of methoxy groups -OCH3 is 1. The molecular weight excluding hydrogens is 162 g/mol. The lowest BCUT2D eigenvalue weighted by molar-refractivity contribution is -0.147. The van der Waals surface area contributed by atoms with Crippen molar-refractivity contribution in [3.8, 4) is 0 Å². The number of carboxylic acid groups (broad SMARTS) is 1. The third-order valence-electron chi connectivity index (χ3n) is 1.96. The summed E-state index contributed by atoms with van der Waals surface area (Å²) in [4.78, 5) is 21.6. The summed E-state index contributed by atoms with van der Waals surface area (Å²) < 4.78 is 4.74. The highest BCUT2D eigenvalue weighted by molar-refractivity contribution is 5.90. The fourth-order valence-electron chi connectivity index (χ4n) is 1.30. The molecule has 0 bridgehead atoms. The second-order valence-corrected chi connectivity index (χ2v) is 2.87. The Bertz CT molecular complexity index is 215. The lowest BCUT2D eigenvalue weighted by atomic mass is 9.99. The van der Waals surface area contributed by atoms with E-state index in [0.29, 0.717) is 6.42 Å². The maximum Gasteiger partial charge on any atom is 0.331 e. The molecule has 0 aromatic carbocycles. The average Bonchev–Trinajstić information content (AvgIpc) is 2.34. The van der Waals surface area contributed by atoms with Crippen LogP contribution < -0.4 is 5.32 Å². The van der Waals surface area contributed by atoms with Gasteiger partial charge in [-0.1, -0.05) is 0 Å². The molecule has 68 valence electrons. The molecule has 0 saturated carbocycles. The number of ether oxygens (including phenoxy) is 1. The normalized spacial score (nSPS) is 28.6. The molecule has 0 spiro atoms. The maximum absolute atomic E-state index is 10.8. The lowest BCUT2D eigenvalue weighted by Gasteiger charge is -2.22. The smallest absolute Gasteiger partial charge is 0.331 e. The number of hydrogen-bond donors (Lipinski definition) is 2. The summed E-state index contributed by atoms with van der Waals surface area (Å²) in [5, 5.41) is 11.2. The van der Waals surface area contributed by atoms with Crippen molar-refractivity contribution < 1.29 is 19.4 Å². The zero-order valence-electron chi connectivity index (χ0n) is 6.79. The Morgan fingerprint density at radius 2 is 2.50 bits per heavy atom. The minimum absolute atomic E-state index is 0.0219. The Labute approximate surface area is 69.7 Å². The first-order valence-corrected chi connectivity index (χ1v) is 3.64. The molecule has 0 aromatic heterocycles. The lowest BCUT2D eigenvalue weighted by Crippen LogP contribution is -2.52. The predicted octanol–water partition coefficient (Wildman–Crippen LogP) is -0.634. The van der Waals surface area contributed by atoms with Gasteiger partial charge in [-0.25, -0.2) is 4.79 Å². The van der Waals surface area contributed by atoms with Gasteiger partial charge >= 0.3 is 5.97 Å². The van der Waals surface area contributed by atoms with Crippen molar-refractivity contribution in [2.75, 3.05) is 13.7 Å². The molecule has 1 saturated heterocycles. The van der Waals surface area contributed by atoms with Crippen LogP contribution in [0.2, 0.25) is 0 Å². The molecule has 5 nitrogen and oxygen atoms in total. The molecule has 1 atom stereocenters. The van der Waals surface area contributed by atoms with Crippen molar-refractivity contribution in [2.24, 2.45) is 0 Å². The molecule has 1 fully saturated rings. The third-order valence-corrected chi connectivity index (χ3v) is 1.96. The second-order valence-electron chi connectivity index (χ2n) is 2.87. The Hall–Kier alpha value is -1.10. The van der Waals surface area contributed by atoms with Gasteiger partial charge < -0.3 is 15.2 Å². The molecule has 1 aliphatic rings. The number of aliphatic carboxylic acids is 1. The first-order valence-electron chi connectivity index (χ1n) is 3.64. The number of hydrogen-bond acceptors (Lipinski definition) is 3. The van der Waals surface area contributed by atoms with E-state index in [1.807, 2.05) is 0 Å².